The van der Waals surface area contributed by atoms with E-state index in [9.17, 15) is 9.90 Å². The van der Waals surface area contributed by atoms with Crippen LogP contribution in [0, 0.1) is 5.92 Å². The van der Waals surface area contributed by atoms with Crippen LogP contribution in [0.4, 0.5) is 0 Å². The van der Waals surface area contributed by atoms with E-state index in [-0.39, 0.29) is 11.7 Å². The van der Waals surface area contributed by atoms with Crippen LogP contribution in [-0.2, 0) is 16.0 Å². The maximum atomic E-state index is 11.8. The van der Waals surface area contributed by atoms with E-state index < -0.39 is 6.04 Å². The van der Waals surface area contributed by atoms with E-state index in [1.54, 1.807) is 24.3 Å². The number of hydrogen-bond donors (Lipinski definition) is 3. The number of benzene rings is 1. The number of carbonyl (C=O) groups is 1. The highest BCUT2D eigenvalue weighted by atomic mass is 16.5. The summed E-state index contributed by atoms with van der Waals surface area (Å²) in [4.78, 5) is 11.8. The van der Waals surface area contributed by atoms with Crippen LogP contribution in [0.15, 0.2) is 24.3 Å². The first kappa shape index (κ1) is 14.8. The second-order valence-electron chi connectivity index (χ2n) is 5.29. The monoisotopic (exact) mass is 278 g/mol. The molecule has 1 atom stereocenters. The van der Waals surface area contributed by atoms with E-state index >= 15 is 0 Å². The molecule has 4 N–H and O–H groups in total. The zero-order chi connectivity index (χ0) is 14.4. The first-order valence-corrected chi connectivity index (χ1v) is 7.04. The lowest BCUT2D eigenvalue weighted by Crippen LogP contribution is -2.43. The summed E-state index contributed by atoms with van der Waals surface area (Å²) in [5.74, 6) is 0.773. The van der Waals surface area contributed by atoms with Gasteiger partial charge < -0.3 is 20.9 Å². The summed E-state index contributed by atoms with van der Waals surface area (Å²) >= 11 is 0. The maximum Gasteiger partial charge on any atom is 0.237 e. The van der Waals surface area contributed by atoms with Crippen molar-refractivity contribution in [2.45, 2.75) is 25.3 Å². The molecule has 0 spiro atoms. The molecule has 1 aromatic rings. The zero-order valence-electron chi connectivity index (χ0n) is 11.5. The van der Waals surface area contributed by atoms with Crippen molar-refractivity contribution in [2.24, 2.45) is 11.7 Å². The highest BCUT2D eigenvalue weighted by molar-refractivity contribution is 5.81. The molecule has 5 heteroatoms. The second-order valence-corrected chi connectivity index (χ2v) is 5.29. The molecule has 5 nitrogen and oxygen atoms in total. The van der Waals surface area contributed by atoms with Gasteiger partial charge in [-0.05, 0) is 42.9 Å². The molecule has 1 aromatic carbocycles. The highest BCUT2D eigenvalue weighted by Crippen LogP contribution is 2.28. The van der Waals surface area contributed by atoms with E-state index in [0.29, 0.717) is 19.6 Å². The minimum atomic E-state index is -0.581. The van der Waals surface area contributed by atoms with Crippen LogP contribution in [0.1, 0.15) is 18.4 Å². The van der Waals surface area contributed by atoms with Crippen molar-refractivity contribution in [1.82, 2.24) is 5.32 Å². The number of carbonyl (C=O) groups excluding carboxylic acids is 1. The number of nitrogens with one attached hydrogen (secondary N) is 1. The summed E-state index contributed by atoms with van der Waals surface area (Å²) in [7, 11) is 0. The lowest BCUT2D eigenvalue weighted by molar-refractivity contribution is -0.122. The fraction of sp³-hybridized carbons (Fsp3) is 0.533. The Morgan fingerprint density at radius 1 is 1.40 bits per heavy atom. The quantitative estimate of drug-likeness (QED) is 0.614. The Labute approximate surface area is 119 Å². The van der Waals surface area contributed by atoms with Crippen molar-refractivity contribution in [3.63, 3.8) is 0 Å². The average Bonchev–Trinajstić information content (AvgIpc) is 3.25. The van der Waals surface area contributed by atoms with Crippen molar-refractivity contribution in [3.05, 3.63) is 29.8 Å². The molecule has 0 radical (unpaired) electrons. The molecule has 20 heavy (non-hydrogen) atoms. The third kappa shape index (κ3) is 5.19. The Bertz CT molecular complexity index is 429. The molecule has 1 aliphatic carbocycles. The molecule has 110 valence electrons. The zero-order valence-corrected chi connectivity index (χ0v) is 11.5. The van der Waals surface area contributed by atoms with Gasteiger partial charge in [-0.1, -0.05) is 12.1 Å². The normalized spacial score (nSPS) is 15.8. The summed E-state index contributed by atoms with van der Waals surface area (Å²) in [5, 5.41) is 12.0. The molecule has 0 bridgehead atoms. The molecule has 2 rings (SSSR count). The van der Waals surface area contributed by atoms with Gasteiger partial charge in [0.2, 0.25) is 5.91 Å². The first-order valence-electron chi connectivity index (χ1n) is 7.04. The van der Waals surface area contributed by atoms with Gasteiger partial charge in [0.05, 0.1) is 12.6 Å². The van der Waals surface area contributed by atoms with Gasteiger partial charge in [-0.25, -0.2) is 0 Å². The standard InChI is InChI=1S/C15H22N2O3/c16-14(9-11-3-5-13(18)6-4-11)15(19)17-7-8-20-10-12-1-2-12/h3-6,12,14,18H,1-2,7-10,16H2,(H,17,19). The molecule has 1 aliphatic rings. The van der Waals surface area contributed by atoms with E-state index in [2.05, 4.69) is 5.32 Å². The topological polar surface area (TPSA) is 84.6 Å². The SMILES string of the molecule is NC(Cc1ccc(O)cc1)C(=O)NCCOCC1CC1. The number of aromatic hydroxyl groups is 1. The number of nitrogens with two attached hydrogens (primary N) is 1. The smallest absolute Gasteiger partial charge is 0.237 e. The molecule has 1 unspecified atom stereocenters. The van der Waals surface area contributed by atoms with Crippen LogP contribution in [0.5, 0.6) is 5.75 Å². The number of amides is 1. The largest absolute Gasteiger partial charge is 0.508 e. The van der Waals surface area contributed by atoms with Crippen LogP contribution in [0.3, 0.4) is 0 Å². The van der Waals surface area contributed by atoms with Crippen molar-refractivity contribution in [1.29, 1.82) is 0 Å². The number of ether oxygens (including phenoxy) is 1. The Kier molecular flexibility index (Phi) is 5.38. The van der Waals surface area contributed by atoms with E-state index in [1.807, 2.05) is 0 Å². The Hall–Kier alpha value is -1.59. The number of hydrogen-bond acceptors (Lipinski definition) is 4. The van der Waals surface area contributed by atoms with Crippen LogP contribution in [0.2, 0.25) is 0 Å². The average molecular weight is 278 g/mol. The summed E-state index contributed by atoms with van der Waals surface area (Å²) in [6, 6.07) is 6.13. The van der Waals surface area contributed by atoms with E-state index in [1.165, 1.54) is 12.8 Å². The van der Waals surface area contributed by atoms with Crippen molar-refractivity contribution >= 4 is 5.91 Å². The van der Waals surface area contributed by atoms with Crippen molar-refractivity contribution in [2.75, 3.05) is 19.8 Å². The molecular weight excluding hydrogens is 256 g/mol. The number of phenols is 1. The van der Waals surface area contributed by atoms with E-state index in [0.717, 1.165) is 18.1 Å². The van der Waals surface area contributed by atoms with Crippen molar-refractivity contribution < 1.29 is 14.6 Å². The molecule has 1 saturated carbocycles. The van der Waals surface area contributed by atoms with Crippen LogP contribution in [-0.4, -0.2) is 36.8 Å². The first-order chi connectivity index (χ1) is 9.65. The third-order valence-corrected chi connectivity index (χ3v) is 3.32. The summed E-state index contributed by atoms with van der Waals surface area (Å²) in [5.41, 5.74) is 6.77. The molecule has 1 fully saturated rings. The maximum absolute atomic E-state index is 11.8. The summed E-state index contributed by atoms with van der Waals surface area (Å²) in [6.07, 6.45) is 2.99. The molecular formula is C15H22N2O3. The Morgan fingerprint density at radius 3 is 2.75 bits per heavy atom. The third-order valence-electron chi connectivity index (χ3n) is 3.32. The molecule has 0 aromatic heterocycles. The van der Waals surface area contributed by atoms with Gasteiger partial charge in [-0.3, -0.25) is 4.79 Å². The molecule has 0 heterocycles. The molecule has 0 aliphatic heterocycles. The minimum absolute atomic E-state index is 0.173. The molecule has 0 saturated heterocycles. The predicted molar refractivity (Wildman–Crippen MR) is 76.3 cm³/mol. The Balaban J connectivity index is 1.61. The molecule has 1 amide bonds. The van der Waals surface area contributed by atoms with Crippen molar-refractivity contribution in [3.8, 4) is 5.75 Å². The fourth-order valence-electron chi connectivity index (χ4n) is 1.89. The van der Waals surface area contributed by atoms with Gasteiger partial charge in [-0.15, -0.1) is 0 Å². The lowest BCUT2D eigenvalue weighted by Gasteiger charge is -2.12. The van der Waals surface area contributed by atoms with Gasteiger partial charge >= 0.3 is 0 Å². The summed E-state index contributed by atoms with van der Waals surface area (Å²) in [6.45, 7) is 1.83. The highest BCUT2D eigenvalue weighted by Gasteiger charge is 2.21. The minimum Gasteiger partial charge on any atom is -0.508 e. The van der Waals surface area contributed by atoms with Crippen LogP contribution in [0.25, 0.3) is 0 Å². The lowest BCUT2D eigenvalue weighted by atomic mass is 10.1. The van der Waals surface area contributed by atoms with Gasteiger partial charge in [0.25, 0.3) is 0 Å². The van der Waals surface area contributed by atoms with Gasteiger partial charge in [0.1, 0.15) is 5.75 Å². The van der Waals surface area contributed by atoms with Crippen LogP contribution >= 0.6 is 0 Å². The van der Waals surface area contributed by atoms with Gasteiger partial charge in [0.15, 0.2) is 0 Å². The number of phenolic OH excluding ortho intramolecular Hbond substituents is 1. The van der Waals surface area contributed by atoms with Gasteiger partial charge in [0, 0.05) is 13.2 Å². The fourth-order valence-corrected chi connectivity index (χ4v) is 1.89. The number of rotatable bonds is 8. The predicted octanol–water partition coefficient (Wildman–Crippen LogP) is 0.805. The summed E-state index contributed by atoms with van der Waals surface area (Å²) < 4.78 is 5.44. The Morgan fingerprint density at radius 2 is 2.10 bits per heavy atom. The van der Waals surface area contributed by atoms with E-state index in [4.69, 9.17) is 10.5 Å². The van der Waals surface area contributed by atoms with Crippen LogP contribution < -0.4 is 11.1 Å². The van der Waals surface area contributed by atoms with Gasteiger partial charge in [-0.2, -0.15) is 0 Å². The second kappa shape index (κ2) is 7.26.